The largest absolute Gasteiger partial charge is 0.496 e. The van der Waals surface area contributed by atoms with Crippen LogP contribution in [0.1, 0.15) is 0 Å². The van der Waals surface area contributed by atoms with Crippen LogP contribution >= 0.6 is 0 Å². The first-order valence-corrected chi connectivity index (χ1v) is 7.81. The first kappa shape index (κ1) is 15.4. The van der Waals surface area contributed by atoms with E-state index in [4.69, 9.17) is 9.47 Å². The van der Waals surface area contributed by atoms with Gasteiger partial charge < -0.3 is 14.4 Å². The quantitative estimate of drug-likeness (QED) is 0.661. The van der Waals surface area contributed by atoms with E-state index in [1.54, 1.807) is 30.3 Å². The normalized spacial score (nSPS) is 15.7. The van der Waals surface area contributed by atoms with Gasteiger partial charge in [-0.3, -0.25) is 4.68 Å². The van der Waals surface area contributed by atoms with Gasteiger partial charge in [0, 0.05) is 12.4 Å². The van der Waals surface area contributed by atoms with Crippen LogP contribution in [0, 0.1) is 0 Å². The topological polar surface area (TPSA) is 82.4 Å². The number of hydrogen-bond acceptors (Lipinski definition) is 7. The summed E-state index contributed by atoms with van der Waals surface area (Å²) in [5.74, 6) is 1.11. The molecule has 8 nitrogen and oxygen atoms in total. The molecule has 25 heavy (non-hydrogen) atoms. The molecule has 0 aliphatic carbocycles. The van der Waals surface area contributed by atoms with Crippen LogP contribution in [-0.2, 0) is 15.1 Å². The summed E-state index contributed by atoms with van der Waals surface area (Å²) in [5, 5.41) is 5.06. The number of ether oxygens (including phenoxy) is 2. The Kier molecular flexibility index (Phi) is 3.52. The number of aromatic nitrogens is 4. The Hall–Kier alpha value is -3.16. The minimum atomic E-state index is -0.850. The molecule has 1 aromatic carbocycles. The van der Waals surface area contributed by atoms with Crippen molar-refractivity contribution in [1.82, 2.24) is 19.7 Å². The number of fused-ring (bicyclic) bond motifs is 1. The van der Waals surface area contributed by atoms with E-state index in [1.165, 1.54) is 13.4 Å². The third-order valence-corrected chi connectivity index (χ3v) is 4.54. The summed E-state index contributed by atoms with van der Waals surface area (Å²) in [7, 11) is 3.00. The lowest BCUT2D eigenvalue weighted by atomic mass is 9.89. The molecule has 0 N–H and O–H groups in total. The van der Waals surface area contributed by atoms with E-state index in [0.29, 0.717) is 18.8 Å². The fraction of sp³-hybridized carbons (Fsp3) is 0.294. The van der Waals surface area contributed by atoms with Crippen molar-refractivity contribution in [1.29, 1.82) is 0 Å². The Morgan fingerprint density at radius 1 is 1.20 bits per heavy atom. The van der Waals surface area contributed by atoms with Gasteiger partial charge in [-0.25, -0.2) is 14.8 Å². The van der Waals surface area contributed by atoms with E-state index in [-0.39, 0.29) is 5.97 Å². The van der Waals surface area contributed by atoms with Crippen molar-refractivity contribution in [2.45, 2.75) is 5.54 Å². The maximum Gasteiger partial charge on any atom is 0.337 e. The summed E-state index contributed by atoms with van der Waals surface area (Å²) in [6.45, 7) is 0.816. The highest BCUT2D eigenvalue weighted by molar-refractivity contribution is 5.96. The van der Waals surface area contributed by atoms with E-state index in [0.717, 1.165) is 16.7 Å². The van der Waals surface area contributed by atoms with Crippen molar-refractivity contribution in [3.8, 4) is 5.75 Å². The molecular weight excluding hydrogens is 322 g/mol. The molecule has 2 aromatic heterocycles. The molecule has 3 heterocycles. The molecular formula is C17H17N5O3. The van der Waals surface area contributed by atoms with Gasteiger partial charge in [-0.15, -0.1) is 0 Å². The smallest absolute Gasteiger partial charge is 0.337 e. The van der Waals surface area contributed by atoms with Gasteiger partial charge in [0.15, 0.2) is 5.54 Å². The van der Waals surface area contributed by atoms with Gasteiger partial charge >= 0.3 is 5.97 Å². The second-order valence-corrected chi connectivity index (χ2v) is 5.88. The van der Waals surface area contributed by atoms with Gasteiger partial charge in [0.2, 0.25) is 0 Å². The van der Waals surface area contributed by atoms with Crippen LogP contribution in [0.3, 0.4) is 0 Å². The molecule has 0 bridgehead atoms. The van der Waals surface area contributed by atoms with Gasteiger partial charge in [0.1, 0.15) is 17.9 Å². The average molecular weight is 339 g/mol. The van der Waals surface area contributed by atoms with Crippen molar-refractivity contribution in [3.63, 3.8) is 0 Å². The summed E-state index contributed by atoms with van der Waals surface area (Å²) >= 11 is 0. The van der Waals surface area contributed by atoms with Crippen molar-refractivity contribution < 1.29 is 14.3 Å². The maximum atomic E-state index is 12.4. The van der Waals surface area contributed by atoms with Crippen LogP contribution in [-0.4, -0.2) is 53.0 Å². The third-order valence-electron chi connectivity index (χ3n) is 4.54. The zero-order valence-electron chi connectivity index (χ0n) is 13.9. The van der Waals surface area contributed by atoms with Gasteiger partial charge in [0.05, 0.1) is 38.2 Å². The molecule has 0 unspecified atom stereocenters. The van der Waals surface area contributed by atoms with E-state index in [1.807, 2.05) is 23.1 Å². The maximum absolute atomic E-state index is 12.4. The summed E-state index contributed by atoms with van der Waals surface area (Å²) in [5.41, 5.74) is -0.0589. The molecule has 0 spiro atoms. The number of rotatable bonds is 4. The Bertz CT molecular complexity index is 914. The summed E-state index contributed by atoms with van der Waals surface area (Å²) in [6, 6.07) is 7.45. The monoisotopic (exact) mass is 339 g/mol. The molecule has 1 fully saturated rings. The predicted octanol–water partition coefficient (Wildman–Crippen LogP) is 1.22. The third kappa shape index (κ3) is 2.21. The van der Waals surface area contributed by atoms with Gasteiger partial charge in [-0.2, -0.15) is 5.10 Å². The fourth-order valence-corrected chi connectivity index (χ4v) is 3.29. The molecule has 0 amide bonds. The zero-order valence-corrected chi connectivity index (χ0v) is 13.9. The predicted molar refractivity (Wildman–Crippen MR) is 90.5 cm³/mol. The Labute approximate surface area is 144 Å². The fourth-order valence-electron chi connectivity index (χ4n) is 3.29. The molecule has 8 heteroatoms. The highest BCUT2D eigenvalue weighted by Crippen LogP contribution is 2.38. The lowest BCUT2D eigenvalue weighted by Crippen LogP contribution is -2.67. The van der Waals surface area contributed by atoms with Crippen LogP contribution in [0.2, 0.25) is 0 Å². The lowest BCUT2D eigenvalue weighted by Gasteiger charge is -2.48. The van der Waals surface area contributed by atoms with Crippen molar-refractivity contribution in [2.75, 3.05) is 32.2 Å². The van der Waals surface area contributed by atoms with E-state index >= 15 is 0 Å². The number of carbonyl (C=O) groups is 1. The van der Waals surface area contributed by atoms with Gasteiger partial charge in [0.25, 0.3) is 0 Å². The lowest BCUT2D eigenvalue weighted by molar-refractivity contribution is -0.153. The molecule has 1 saturated heterocycles. The number of esters is 1. The molecule has 0 radical (unpaired) electrons. The van der Waals surface area contributed by atoms with E-state index in [9.17, 15) is 4.79 Å². The Balaban J connectivity index is 1.74. The number of benzene rings is 1. The molecule has 1 aliphatic heterocycles. The van der Waals surface area contributed by atoms with Crippen LogP contribution in [0.4, 0.5) is 5.82 Å². The van der Waals surface area contributed by atoms with Gasteiger partial charge in [-0.05, 0) is 18.2 Å². The molecule has 3 aromatic rings. The first-order valence-electron chi connectivity index (χ1n) is 7.81. The SMILES string of the molecule is COC(=O)C1(n2cccn2)CN(c2ncnc3cccc(OC)c23)C1. The molecule has 0 saturated carbocycles. The Morgan fingerprint density at radius 3 is 2.72 bits per heavy atom. The summed E-state index contributed by atoms with van der Waals surface area (Å²) in [6.07, 6.45) is 4.94. The number of methoxy groups -OCH3 is 2. The molecule has 128 valence electrons. The highest BCUT2D eigenvalue weighted by atomic mass is 16.5. The van der Waals surface area contributed by atoms with Crippen LogP contribution in [0.25, 0.3) is 10.9 Å². The number of hydrogen-bond donors (Lipinski definition) is 0. The zero-order chi connectivity index (χ0) is 17.4. The van der Waals surface area contributed by atoms with Gasteiger partial charge in [-0.1, -0.05) is 6.07 Å². The van der Waals surface area contributed by atoms with Crippen molar-refractivity contribution >= 4 is 22.7 Å². The van der Waals surface area contributed by atoms with Crippen molar-refractivity contribution in [3.05, 3.63) is 43.0 Å². The Morgan fingerprint density at radius 2 is 2.04 bits per heavy atom. The second kappa shape index (κ2) is 5.73. The number of nitrogens with zero attached hydrogens (tertiary/aromatic N) is 5. The number of anilines is 1. The average Bonchev–Trinajstić information content (AvgIpc) is 3.15. The minimum Gasteiger partial charge on any atom is -0.496 e. The summed E-state index contributed by atoms with van der Waals surface area (Å²) < 4.78 is 12.1. The molecule has 1 aliphatic rings. The van der Waals surface area contributed by atoms with Crippen LogP contribution in [0.5, 0.6) is 5.75 Å². The summed E-state index contributed by atoms with van der Waals surface area (Å²) in [4.78, 5) is 23.1. The van der Waals surface area contributed by atoms with Crippen LogP contribution in [0.15, 0.2) is 43.0 Å². The number of carbonyl (C=O) groups excluding carboxylic acids is 1. The van der Waals surface area contributed by atoms with E-state index in [2.05, 4.69) is 15.1 Å². The standard InChI is InChI=1S/C17H17N5O3/c1-24-13-6-3-5-12-14(13)15(19-11-18-12)21-9-17(10-21,16(23)25-2)22-8-4-7-20-22/h3-8,11H,9-10H2,1-2H3. The highest BCUT2D eigenvalue weighted by Gasteiger charge is 2.53. The minimum absolute atomic E-state index is 0.322. The molecule has 4 rings (SSSR count). The molecule has 0 atom stereocenters. The first-order chi connectivity index (χ1) is 12.2. The second-order valence-electron chi connectivity index (χ2n) is 5.88. The van der Waals surface area contributed by atoms with Crippen molar-refractivity contribution in [2.24, 2.45) is 0 Å². The van der Waals surface area contributed by atoms with E-state index < -0.39 is 5.54 Å². The van der Waals surface area contributed by atoms with Crippen LogP contribution < -0.4 is 9.64 Å².